The van der Waals surface area contributed by atoms with Crippen molar-refractivity contribution in [2.24, 2.45) is 7.05 Å². The summed E-state index contributed by atoms with van der Waals surface area (Å²) in [6.45, 7) is 10.0. The van der Waals surface area contributed by atoms with Gasteiger partial charge in [0.1, 0.15) is 11.5 Å². The van der Waals surface area contributed by atoms with Gasteiger partial charge in [-0.3, -0.25) is 14.2 Å². The lowest BCUT2D eigenvalue weighted by atomic mass is 9.92. The molecule has 1 aliphatic heterocycles. The van der Waals surface area contributed by atoms with Crippen molar-refractivity contribution in [3.8, 4) is 0 Å². The lowest BCUT2D eigenvalue weighted by molar-refractivity contribution is 0.0703. The number of nitrogens with zero attached hydrogens (tertiary/aromatic N) is 5. The molecular formula is C26H32N6O. The van der Waals surface area contributed by atoms with E-state index in [1.54, 1.807) is 12.4 Å². The van der Waals surface area contributed by atoms with Crippen molar-refractivity contribution in [2.75, 3.05) is 18.4 Å². The molecule has 33 heavy (non-hydrogen) atoms. The van der Waals surface area contributed by atoms with Gasteiger partial charge in [-0.1, -0.05) is 11.6 Å². The summed E-state index contributed by atoms with van der Waals surface area (Å²) in [6.07, 6.45) is 7.34. The van der Waals surface area contributed by atoms with Crippen LogP contribution in [0.4, 0.5) is 5.82 Å². The Labute approximate surface area is 194 Å². The monoisotopic (exact) mass is 444 g/mol. The molecule has 1 saturated heterocycles. The van der Waals surface area contributed by atoms with Gasteiger partial charge in [-0.2, -0.15) is 0 Å². The van der Waals surface area contributed by atoms with Crippen molar-refractivity contribution < 1.29 is 4.79 Å². The molecular weight excluding hydrogens is 412 g/mol. The molecule has 4 heterocycles. The van der Waals surface area contributed by atoms with E-state index in [9.17, 15) is 4.79 Å². The van der Waals surface area contributed by atoms with E-state index >= 15 is 0 Å². The number of aryl methyl sites for hydroxylation is 2. The van der Waals surface area contributed by atoms with Crippen molar-refractivity contribution in [1.82, 2.24) is 23.8 Å². The Morgan fingerprint density at radius 3 is 2.64 bits per heavy atom. The quantitative estimate of drug-likeness (QED) is 0.495. The van der Waals surface area contributed by atoms with Crippen molar-refractivity contribution in [2.45, 2.75) is 52.0 Å². The van der Waals surface area contributed by atoms with Crippen LogP contribution in [0.1, 0.15) is 61.3 Å². The van der Waals surface area contributed by atoms with Gasteiger partial charge in [0, 0.05) is 54.9 Å². The summed E-state index contributed by atoms with van der Waals surface area (Å²) < 4.78 is 4.10. The zero-order valence-corrected chi connectivity index (χ0v) is 20.1. The Kier molecular flexibility index (Phi) is 5.15. The van der Waals surface area contributed by atoms with E-state index in [4.69, 9.17) is 4.98 Å². The third kappa shape index (κ3) is 3.96. The van der Waals surface area contributed by atoms with E-state index < -0.39 is 0 Å². The van der Waals surface area contributed by atoms with Crippen LogP contribution in [-0.2, 0) is 7.05 Å². The minimum absolute atomic E-state index is 0.0858. The lowest BCUT2D eigenvalue weighted by Gasteiger charge is -2.32. The van der Waals surface area contributed by atoms with Gasteiger partial charge in [0.05, 0.1) is 11.9 Å². The van der Waals surface area contributed by atoms with Crippen LogP contribution in [0, 0.1) is 6.92 Å². The molecule has 7 heteroatoms. The molecule has 4 aromatic rings. The maximum Gasteiger partial charge on any atom is 0.270 e. The van der Waals surface area contributed by atoms with Gasteiger partial charge in [-0.05, 0) is 58.7 Å². The molecule has 1 N–H and O–H groups in total. The van der Waals surface area contributed by atoms with Crippen LogP contribution in [0.3, 0.4) is 0 Å². The number of hydrogen-bond acceptors (Lipinski definition) is 4. The van der Waals surface area contributed by atoms with Gasteiger partial charge in [0.15, 0.2) is 5.65 Å². The third-order valence-corrected chi connectivity index (χ3v) is 6.54. The Balaban J connectivity index is 1.38. The number of imidazole rings is 1. The van der Waals surface area contributed by atoms with Crippen LogP contribution in [0.5, 0.6) is 0 Å². The second-order valence-corrected chi connectivity index (χ2v) is 10.2. The normalized spacial score (nSPS) is 15.5. The molecule has 0 saturated carbocycles. The average molecular weight is 445 g/mol. The van der Waals surface area contributed by atoms with Crippen LogP contribution in [0.25, 0.3) is 16.6 Å². The summed E-state index contributed by atoms with van der Waals surface area (Å²) in [6, 6.07) is 8.35. The van der Waals surface area contributed by atoms with E-state index in [-0.39, 0.29) is 11.4 Å². The Bertz CT molecular complexity index is 1330. The van der Waals surface area contributed by atoms with E-state index in [2.05, 4.69) is 60.6 Å². The summed E-state index contributed by atoms with van der Waals surface area (Å²) in [5, 5.41) is 4.76. The fourth-order valence-electron chi connectivity index (χ4n) is 4.88. The lowest BCUT2D eigenvalue weighted by Crippen LogP contribution is -2.39. The SMILES string of the molecule is Cc1ccc2c(c1)cc(C(=O)N1CCC(c3nc4cnccn4c3NC(C)(C)C)CC1)n2C. The van der Waals surface area contributed by atoms with Crippen molar-refractivity contribution in [3.05, 3.63) is 59.8 Å². The third-order valence-electron chi connectivity index (χ3n) is 6.54. The standard InChI is InChI=1S/C26H32N6O/c1-17-6-7-20-19(14-17)15-21(30(20)5)25(33)31-11-8-18(9-12-31)23-24(29-26(2,3)4)32-13-10-27-16-22(32)28-23/h6-7,10,13-16,18,29H,8-9,11-12H2,1-5H3. The molecule has 172 valence electrons. The number of amides is 1. The number of fused-ring (bicyclic) bond motifs is 2. The molecule has 1 aliphatic rings. The number of benzene rings is 1. The molecule has 0 atom stereocenters. The van der Waals surface area contributed by atoms with Crippen LogP contribution in [0.2, 0.25) is 0 Å². The van der Waals surface area contributed by atoms with E-state index in [0.29, 0.717) is 5.92 Å². The summed E-state index contributed by atoms with van der Waals surface area (Å²) in [5.41, 5.74) is 4.89. The fourth-order valence-corrected chi connectivity index (χ4v) is 4.88. The second kappa shape index (κ2) is 7.90. The number of rotatable bonds is 3. The number of carbonyl (C=O) groups is 1. The minimum Gasteiger partial charge on any atom is -0.365 e. The summed E-state index contributed by atoms with van der Waals surface area (Å²) >= 11 is 0. The maximum absolute atomic E-state index is 13.4. The molecule has 1 fully saturated rings. The largest absolute Gasteiger partial charge is 0.365 e. The number of hydrogen-bond donors (Lipinski definition) is 1. The Morgan fingerprint density at radius 2 is 1.91 bits per heavy atom. The Hall–Kier alpha value is -3.35. The predicted octanol–water partition coefficient (Wildman–Crippen LogP) is 4.76. The summed E-state index contributed by atoms with van der Waals surface area (Å²) in [7, 11) is 1.98. The first-order valence-electron chi connectivity index (χ1n) is 11.7. The number of aromatic nitrogens is 4. The highest BCUT2D eigenvalue weighted by Gasteiger charge is 2.30. The number of carbonyl (C=O) groups excluding carboxylic acids is 1. The first-order chi connectivity index (χ1) is 15.7. The molecule has 0 unspecified atom stereocenters. The van der Waals surface area contributed by atoms with E-state index in [0.717, 1.165) is 59.7 Å². The van der Waals surface area contributed by atoms with Crippen LogP contribution < -0.4 is 5.32 Å². The molecule has 3 aromatic heterocycles. The number of piperidine rings is 1. The number of nitrogens with one attached hydrogen (secondary N) is 1. The molecule has 0 radical (unpaired) electrons. The highest BCUT2D eigenvalue weighted by molar-refractivity contribution is 5.99. The van der Waals surface area contributed by atoms with Gasteiger partial charge >= 0.3 is 0 Å². The van der Waals surface area contributed by atoms with Gasteiger partial charge in [-0.15, -0.1) is 0 Å². The smallest absolute Gasteiger partial charge is 0.270 e. The first-order valence-corrected chi connectivity index (χ1v) is 11.7. The fraction of sp³-hybridized carbons (Fsp3) is 0.423. The van der Waals surface area contributed by atoms with Crippen molar-refractivity contribution in [3.63, 3.8) is 0 Å². The zero-order chi connectivity index (χ0) is 23.3. The predicted molar refractivity (Wildman–Crippen MR) is 132 cm³/mol. The maximum atomic E-state index is 13.4. The molecule has 0 aliphatic carbocycles. The van der Waals surface area contributed by atoms with Gasteiger partial charge in [-0.25, -0.2) is 4.98 Å². The molecule has 0 spiro atoms. The van der Waals surface area contributed by atoms with E-state index in [1.807, 2.05) is 28.8 Å². The van der Waals surface area contributed by atoms with Crippen LogP contribution in [0.15, 0.2) is 42.9 Å². The number of likely N-dealkylation sites (tertiary alicyclic amines) is 1. The van der Waals surface area contributed by atoms with Gasteiger partial charge in [0.25, 0.3) is 5.91 Å². The second-order valence-electron chi connectivity index (χ2n) is 10.2. The molecule has 0 bridgehead atoms. The molecule has 1 aromatic carbocycles. The van der Waals surface area contributed by atoms with Crippen molar-refractivity contribution >= 4 is 28.3 Å². The molecule has 1 amide bonds. The highest BCUT2D eigenvalue weighted by atomic mass is 16.2. The zero-order valence-electron chi connectivity index (χ0n) is 20.1. The van der Waals surface area contributed by atoms with Gasteiger partial charge in [0.2, 0.25) is 0 Å². The average Bonchev–Trinajstić information content (AvgIpc) is 3.30. The Morgan fingerprint density at radius 1 is 1.15 bits per heavy atom. The minimum atomic E-state index is -0.0858. The van der Waals surface area contributed by atoms with Crippen molar-refractivity contribution in [1.29, 1.82) is 0 Å². The van der Waals surface area contributed by atoms with E-state index in [1.165, 1.54) is 5.56 Å². The summed E-state index contributed by atoms with van der Waals surface area (Å²) in [5.74, 6) is 1.44. The summed E-state index contributed by atoms with van der Waals surface area (Å²) in [4.78, 5) is 24.5. The molecule has 7 nitrogen and oxygen atoms in total. The first kappa shape index (κ1) is 21.5. The number of anilines is 1. The van der Waals surface area contributed by atoms with Crippen LogP contribution >= 0.6 is 0 Å². The van der Waals surface area contributed by atoms with Crippen LogP contribution in [-0.4, -0.2) is 48.4 Å². The topological polar surface area (TPSA) is 67.5 Å². The molecule has 5 rings (SSSR count). The van der Waals surface area contributed by atoms with Gasteiger partial charge < -0.3 is 14.8 Å². The highest BCUT2D eigenvalue weighted by Crippen LogP contribution is 2.35.